The van der Waals surface area contributed by atoms with Crippen LogP contribution in [0.1, 0.15) is 23.7 Å². The highest BCUT2D eigenvalue weighted by molar-refractivity contribution is 5.83. The molecule has 4 rings (SSSR count). The van der Waals surface area contributed by atoms with Crippen LogP contribution in [0, 0.1) is 5.92 Å². The fourth-order valence-corrected chi connectivity index (χ4v) is 3.32. The van der Waals surface area contributed by atoms with Crippen LogP contribution in [0.2, 0.25) is 0 Å². The Morgan fingerprint density at radius 2 is 1.96 bits per heavy atom. The first kappa shape index (κ1) is 16.4. The lowest BCUT2D eigenvalue weighted by Crippen LogP contribution is -2.25. The lowest BCUT2D eigenvalue weighted by atomic mass is 10.1. The summed E-state index contributed by atoms with van der Waals surface area (Å²) in [6, 6.07) is 17.9. The Labute approximate surface area is 152 Å². The molecule has 0 bridgehead atoms. The molecule has 0 unspecified atom stereocenters. The lowest BCUT2D eigenvalue weighted by Gasteiger charge is -2.07. The summed E-state index contributed by atoms with van der Waals surface area (Å²) in [6.07, 6.45) is 2.66. The van der Waals surface area contributed by atoms with E-state index in [2.05, 4.69) is 15.3 Å². The van der Waals surface area contributed by atoms with E-state index in [1.807, 2.05) is 54.6 Å². The molecule has 1 aliphatic rings. The van der Waals surface area contributed by atoms with Crippen LogP contribution in [0.5, 0.6) is 5.75 Å². The SMILES string of the molecule is COc1ccccc1[C@@H]1C[C@H]1C(=O)NCc1ncc(-c2ccccc2)[nH]1. The number of carbonyl (C=O) groups excluding carboxylic acids is 1. The van der Waals surface area contributed by atoms with E-state index in [1.54, 1.807) is 13.3 Å². The summed E-state index contributed by atoms with van der Waals surface area (Å²) in [4.78, 5) is 20.1. The molecule has 3 aromatic rings. The van der Waals surface area contributed by atoms with E-state index in [4.69, 9.17) is 4.74 Å². The van der Waals surface area contributed by atoms with Crippen molar-refractivity contribution in [3.8, 4) is 17.0 Å². The van der Waals surface area contributed by atoms with Gasteiger partial charge in [-0.15, -0.1) is 0 Å². The number of benzene rings is 2. The van der Waals surface area contributed by atoms with Crippen molar-refractivity contribution in [2.75, 3.05) is 7.11 Å². The number of nitrogens with zero attached hydrogens (tertiary/aromatic N) is 1. The number of methoxy groups -OCH3 is 1. The molecule has 26 heavy (non-hydrogen) atoms. The van der Waals surface area contributed by atoms with Crippen molar-refractivity contribution in [3.05, 3.63) is 72.2 Å². The molecule has 0 radical (unpaired) electrons. The summed E-state index contributed by atoms with van der Waals surface area (Å²) in [5.41, 5.74) is 3.14. The van der Waals surface area contributed by atoms with Crippen LogP contribution in [0.25, 0.3) is 11.3 Å². The third-order valence-corrected chi connectivity index (χ3v) is 4.81. The van der Waals surface area contributed by atoms with E-state index >= 15 is 0 Å². The van der Waals surface area contributed by atoms with Crippen molar-refractivity contribution in [3.63, 3.8) is 0 Å². The van der Waals surface area contributed by atoms with Crippen LogP contribution in [-0.2, 0) is 11.3 Å². The van der Waals surface area contributed by atoms with Crippen molar-refractivity contribution in [1.82, 2.24) is 15.3 Å². The third kappa shape index (κ3) is 3.33. The van der Waals surface area contributed by atoms with Gasteiger partial charge in [-0.25, -0.2) is 4.98 Å². The molecule has 1 aromatic heterocycles. The molecule has 1 heterocycles. The van der Waals surface area contributed by atoms with E-state index < -0.39 is 0 Å². The molecule has 5 nitrogen and oxygen atoms in total. The molecule has 2 aromatic carbocycles. The Morgan fingerprint density at radius 3 is 2.77 bits per heavy atom. The van der Waals surface area contributed by atoms with E-state index in [0.717, 1.165) is 34.8 Å². The standard InChI is InChI=1S/C21H21N3O2/c1-26-19-10-6-5-9-15(19)16-11-17(16)21(25)23-13-20-22-12-18(24-20)14-7-3-2-4-8-14/h2-10,12,16-17H,11,13H2,1H3,(H,22,24)(H,23,25)/t16-,17+/m0/s1. The predicted molar refractivity (Wildman–Crippen MR) is 99.7 cm³/mol. The van der Waals surface area contributed by atoms with Gasteiger partial charge in [0.05, 0.1) is 25.5 Å². The van der Waals surface area contributed by atoms with Gasteiger partial charge in [-0.3, -0.25) is 4.79 Å². The maximum absolute atomic E-state index is 12.4. The molecule has 132 valence electrons. The fourth-order valence-electron chi connectivity index (χ4n) is 3.32. The molecule has 1 amide bonds. The normalized spacial score (nSPS) is 18.3. The van der Waals surface area contributed by atoms with E-state index in [-0.39, 0.29) is 17.7 Å². The van der Waals surface area contributed by atoms with Crippen molar-refractivity contribution in [2.45, 2.75) is 18.9 Å². The van der Waals surface area contributed by atoms with Gasteiger partial charge >= 0.3 is 0 Å². The van der Waals surface area contributed by atoms with Gasteiger partial charge in [0.25, 0.3) is 0 Å². The second-order valence-electron chi connectivity index (χ2n) is 6.52. The Balaban J connectivity index is 1.35. The minimum Gasteiger partial charge on any atom is -0.496 e. The van der Waals surface area contributed by atoms with Gasteiger partial charge in [0.15, 0.2) is 0 Å². The van der Waals surface area contributed by atoms with E-state index in [1.165, 1.54) is 0 Å². The smallest absolute Gasteiger partial charge is 0.224 e. The van der Waals surface area contributed by atoms with Crippen LogP contribution in [0.3, 0.4) is 0 Å². The average molecular weight is 347 g/mol. The zero-order valence-electron chi connectivity index (χ0n) is 14.6. The molecule has 1 saturated carbocycles. The van der Waals surface area contributed by atoms with Crippen molar-refractivity contribution in [2.24, 2.45) is 5.92 Å². The summed E-state index contributed by atoms with van der Waals surface area (Å²) in [5.74, 6) is 1.93. The summed E-state index contributed by atoms with van der Waals surface area (Å²) >= 11 is 0. The fraction of sp³-hybridized carbons (Fsp3) is 0.238. The topological polar surface area (TPSA) is 67.0 Å². The van der Waals surface area contributed by atoms with Gasteiger partial charge in [-0.05, 0) is 29.5 Å². The Morgan fingerprint density at radius 1 is 1.19 bits per heavy atom. The number of ether oxygens (including phenoxy) is 1. The molecule has 2 N–H and O–H groups in total. The monoisotopic (exact) mass is 347 g/mol. The zero-order valence-corrected chi connectivity index (χ0v) is 14.6. The third-order valence-electron chi connectivity index (χ3n) is 4.81. The zero-order chi connectivity index (χ0) is 17.9. The lowest BCUT2D eigenvalue weighted by molar-refractivity contribution is -0.122. The largest absolute Gasteiger partial charge is 0.496 e. The highest BCUT2D eigenvalue weighted by Crippen LogP contribution is 2.50. The van der Waals surface area contributed by atoms with Crippen LogP contribution >= 0.6 is 0 Å². The highest BCUT2D eigenvalue weighted by Gasteiger charge is 2.45. The maximum Gasteiger partial charge on any atom is 0.224 e. The van der Waals surface area contributed by atoms with Gasteiger partial charge in [-0.1, -0.05) is 48.5 Å². The van der Waals surface area contributed by atoms with Gasteiger partial charge in [0.1, 0.15) is 11.6 Å². The number of para-hydroxylation sites is 1. The first-order chi connectivity index (χ1) is 12.8. The molecule has 2 atom stereocenters. The summed E-state index contributed by atoms with van der Waals surface area (Å²) in [5, 5.41) is 2.99. The van der Waals surface area contributed by atoms with Crippen LogP contribution in [-0.4, -0.2) is 23.0 Å². The van der Waals surface area contributed by atoms with Crippen molar-refractivity contribution < 1.29 is 9.53 Å². The Kier molecular flexibility index (Phi) is 4.44. The number of rotatable bonds is 6. The van der Waals surface area contributed by atoms with Crippen LogP contribution in [0.15, 0.2) is 60.8 Å². The van der Waals surface area contributed by atoms with Gasteiger partial charge in [0.2, 0.25) is 5.91 Å². The average Bonchev–Trinajstić information content (AvgIpc) is 3.36. The number of imidazole rings is 1. The van der Waals surface area contributed by atoms with Crippen LogP contribution < -0.4 is 10.1 Å². The minimum atomic E-state index is 0.00913. The summed E-state index contributed by atoms with van der Waals surface area (Å²) in [7, 11) is 1.66. The van der Waals surface area contributed by atoms with Gasteiger partial charge in [-0.2, -0.15) is 0 Å². The molecular formula is C21H21N3O2. The van der Waals surface area contributed by atoms with Crippen molar-refractivity contribution in [1.29, 1.82) is 0 Å². The number of aromatic nitrogens is 2. The maximum atomic E-state index is 12.4. The van der Waals surface area contributed by atoms with Gasteiger partial charge in [0, 0.05) is 5.92 Å². The number of aromatic amines is 1. The second kappa shape index (κ2) is 7.04. The summed E-state index contributed by atoms with van der Waals surface area (Å²) < 4.78 is 5.40. The number of hydrogen-bond donors (Lipinski definition) is 2. The molecule has 5 heteroatoms. The Hall–Kier alpha value is -3.08. The number of nitrogens with one attached hydrogen (secondary N) is 2. The minimum absolute atomic E-state index is 0.00913. The van der Waals surface area contributed by atoms with E-state index in [0.29, 0.717) is 6.54 Å². The molecule has 0 spiro atoms. The summed E-state index contributed by atoms with van der Waals surface area (Å²) in [6.45, 7) is 0.404. The molecule has 1 fully saturated rings. The highest BCUT2D eigenvalue weighted by atomic mass is 16.5. The number of carbonyl (C=O) groups is 1. The molecule has 1 aliphatic carbocycles. The quantitative estimate of drug-likeness (QED) is 0.717. The van der Waals surface area contributed by atoms with Crippen molar-refractivity contribution >= 4 is 5.91 Å². The van der Waals surface area contributed by atoms with E-state index in [9.17, 15) is 4.79 Å². The molecule has 0 aliphatic heterocycles. The van der Waals surface area contributed by atoms with Crippen LogP contribution in [0.4, 0.5) is 0 Å². The second-order valence-corrected chi connectivity index (χ2v) is 6.52. The first-order valence-corrected chi connectivity index (χ1v) is 8.76. The number of H-pyrrole nitrogens is 1. The number of hydrogen-bond acceptors (Lipinski definition) is 3. The molecular weight excluding hydrogens is 326 g/mol. The Bertz CT molecular complexity index is 904. The first-order valence-electron chi connectivity index (χ1n) is 8.76. The van der Waals surface area contributed by atoms with Gasteiger partial charge < -0.3 is 15.0 Å². The predicted octanol–water partition coefficient (Wildman–Crippen LogP) is 3.51. The number of amides is 1. The molecule has 0 saturated heterocycles.